The maximum Gasteiger partial charge on any atom is 0.123 e. The monoisotopic (exact) mass is 342 g/mol. The van der Waals surface area contributed by atoms with Crippen molar-refractivity contribution < 1.29 is 14.2 Å². The number of benzene rings is 2. The highest BCUT2D eigenvalue weighted by Gasteiger charge is 2.46. The highest BCUT2D eigenvalue weighted by molar-refractivity contribution is 5.38. The van der Waals surface area contributed by atoms with Crippen LogP contribution >= 0.6 is 0 Å². The predicted molar refractivity (Wildman–Crippen MR) is 102 cm³/mol. The summed E-state index contributed by atoms with van der Waals surface area (Å²) in [5, 5.41) is 0. The molecule has 0 aliphatic carbocycles. The van der Waals surface area contributed by atoms with Crippen molar-refractivity contribution in [3.63, 3.8) is 0 Å². The van der Waals surface area contributed by atoms with Gasteiger partial charge >= 0.3 is 0 Å². The second-order valence-corrected chi connectivity index (χ2v) is 7.12. The van der Waals surface area contributed by atoms with Gasteiger partial charge in [-0.1, -0.05) is 81.4 Å². The topological polar surface area (TPSA) is 27.7 Å². The van der Waals surface area contributed by atoms with Crippen LogP contribution in [0.1, 0.15) is 31.9 Å². The van der Waals surface area contributed by atoms with E-state index in [1.807, 2.05) is 12.1 Å². The van der Waals surface area contributed by atoms with Crippen molar-refractivity contribution in [1.29, 1.82) is 0 Å². The van der Waals surface area contributed by atoms with Gasteiger partial charge in [-0.15, -0.1) is 0 Å². The van der Waals surface area contributed by atoms with Crippen molar-refractivity contribution in [1.82, 2.24) is 0 Å². The highest BCUT2D eigenvalue weighted by Crippen LogP contribution is 2.47. The molecule has 0 unspecified atom stereocenters. The standard InChI is InChI=1S/C22H30O3/c1-21(2,3)22(19-11-7-5-8-12-19,20-13-9-6-10-14-20)25-18-17-24-16-15-23-4/h5-14H,15-18H2,1-4H3. The van der Waals surface area contributed by atoms with Gasteiger partial charge in [-0.2, -0.15) is 0 Å². The molecule has 0 fully saturated rings. The molecule has 3 heteroatoms. The first-order valence-electron chi connectivity index (χ1n) is 8.84. The minimum atomic E-state index is -0.542. The Morgan fingerprint density at radius 2 is 1.16 bits per heavy atom. The molecule has 25 heavy (non-hydrogen) atoms. The molecule has 0 amide bonds. The number of rotatable bonds is 9. The fourth-order valence-electron chi connectivity index (χ4n) is 3.26. The van der Waals surface area contributed by atoms with Crippen LogP contribution in [0.5, 0.6) is 0 Å². The third-order valence-electron chi connectivity index (χ3n) is 4.39. The molecule has 0 spiro atoms. The number of hydrogen-bond donors (Lipinski definition) is 0. The normalized spacial score (nSPS) is 12.3. The molecule has 0 aromatic heterocycles. The van der Waals surface area contributed by atoms with E-state index in [0.29, 0.717) is 26.4 Å². The third kappa shape index (κ3) is 4.69. The first-order chi connectivity index (χ1) is 12.0. The summed E-state index contributed by atoms with van der Waals surface area (Å²) in [6, 6.07) is 20.9. The van der Waals surface area contributed by atoms with Crippen LogP contribution in [-0.2, 0) is 19.8 Å². The van der Waals surface area contributed by atoms with E-state index in [-0.39, 0.29) is 5.41 Å². The summed E-state index contributed by atoms with van der Waals surface area (Å²) in [5.41, 5.74) is 1.64. The summed E-state index contributed by atoms with van der Waals surface area (Å²) in [5.74, 6) is 0. The van der Waals surface area contributed by atoms with E-state index in [4.69, 9.17) is 14.2 Å². The molecule has 0 aliphatic rings. The van der Waals surface area contributed by atoms with Gasteiger partial charge in [0.2, 0.25) is 0 Å². The summed E-state index contributed by atoms with van der Waals surface area (Å²) in [6.45, 7) is 8.91. The van der Waals surface area contributed by atoms with Gasteiger partial charge in [-0.3, -0.25) is 0 Å². The molecular formula is C22H30O3. The summed E-state index contributed by atoms with van der Waals surface area (Å²) < 4.78 is 17.2. The van der Waals surface area contributed by atoms with E-state index in [1.54, 1.807) is 7.11 Å². The third-order valence-corrected chi connectivity index (χ3v) is 4.39. The van der Waals surface area contributed by atoms with Crippen LogP contribution in [0.3, 0.4) is 0 Å². The average molecular weight is 342 g/mol. The van der Waals surface area contributed by atoms with Crippen molar-refractivity contribution >= 4 is 0 Å². The molecule has 3 nitrogen and oxygen atoms in total. The van der Waals surface area contributed by atoms with Crippen LogP contribution in [0, 0.1) is 5.41 Å². The van der Waals surface area contributed by atoms with Crippen LogP contribution in [-0.4, -0.2) is 33.5 Å². The first-order valence-corrected chi connectivity index (χ1v) is 8.84. The molecule has 0 atom stereocenters. The van der Waals surface area contributed by atoms with Crippen LogP contribution in [0.4, 0.5) is 0 Å². The number of hydrogen-bond acceptors (Lipinski definition) is 3. The Balaban J connectivity index is 2.33. The van der Waals surface area contributed by atoms with Gasteiger partial charge in [0.25, 0.3) is 0 Å². The summed E-state index contributed by atoms with van der Waals surface area (Å²) in [4.78, 5) is 0. The summed E-state index contributed by atoms with van der Waals surface area (Å²) >= 11 is 0. The largest absolute Gasteiger partial charge is 0.382 e. The van der Waals surface area contributed by atoms with E-state index in [2.05, 4.69) is 69.3 Å². The van der Waals surface area contributed by atoms with E-state index in [1.165, 1.54) is 0 Å². The van der Waals surface area contributed by atoms with Crippen LogP contribution in [0.2, 0.25) is 0 Å². The Kier molecular flexibility index (Phi) is 7.18. The minimum Gasteiger partial charge on any atom is -0.382 e. The zero-order valence-corrected chi connectivity index (χ0v) is 15.8. The molecule has 2 rings (SSSR count). The zero-order valence-electron chi connectivity index (χ0n) is 15.8. The lowest BCUT2D eigenvalue weighted by Crippen LogP contribution is -2.44. The Labute approximate surface area is 151 Å². The van der Waals surface area contributed by atoms with Gasteiger partial charge in [0.15, 0.2) is 0 Å². The van der Waals surface area contributed by atoms with Crippen LogP contribution in [0.15, 0.2) is 60.7 Å². The Morgan fingerprint density at radius 3 is 1.60 bits per heavy atom. The van der Waals surface area contributed by atoms with Gasteiger partial charge in [-0.05, 0) is 16.5 Å². The van der Waals surface area contributed by atoms with Crippen molar-refractivity contribution in [3.8, 4) is 0 Å². The molecule has 2 aromatic rings. The minimum absolute atomic E-state index is 0.137. The summed E-state index contributed by atoms with van der Waals surface area (Å²) in [7, 11) is 1.68. The van der Waals surface area contributed by atoms with Gasteiger partial charge in [0.1, 0.15) is 5.60 Å². The Hall–Kier alpha value is -1.68. The van der Waals surface area contributed by atoms with Gasteiger partial charge in [-0.25, -0.2) is 0 Å². The van der Waals surface area contributed by atoms with Crippen molar-refractivity contribution in [2.45, 2.75) is 26.4 Å². The lowest BCUT2D eigenvalue weighted by Gasteiger charge is -2.45. The van der Waals surface area contributed by atoms with E-state index in [9.17, 15) is 0 Å². The maximum absolute atomic E-state index is 6.58. The van der Waals surface area contributed by atoms with Crippen molar-refractivity contribution in [2.24, 2.45) is 5.41 Å². The lowest BCUT2D eigenvalue weighted by atomic mass is 9.68. The Bertz CT molecular complexity index is 563. The molecule has 0 saturated heterocycles. The molecular weight excluding hydrogens is 312 g/mol. The predicted octanol–water partition coefficient (Wildman–Crippen LogP) is 4.66. The zero-order chi connectivity index (χ0) is 18.2. The summed E-state index contributed by atoms with van der Waals surface area (Å²) in [6.07, 6.45) is 0. The molecule has 0 aliphatic heterocycles. The van der Waals surface area contributed by atoms with E-state index >= 15 is 0 Å². The van der Waals surface area contributed by atoms with Gasteiger partial charge in [0.05, 0.1) is 26.4 Å². The smallest absolute Gasteiger partial charge is 0.123 e. The second-order valence-electron chi connectivity index (χ2n) is 7.12. The number of ether oxygens (including phenoxy) is 3. The van der Waals surface area contributed by atoms with E-state index in [0.717, 1.165) is 11.1 Å². The lowest BCUT2D eigenvalue weighted by molar-refractivity contribution is -0.109. The van der Waals surface area contributed by atoms with Crippen LogP contribution < -0.4 is 0 Å². The fourth-order valence-corrected chi connectivity index (χ4v) is 3.26. The fraction of sp³-hybridized carbons (Fsp3) is 0.455. The second kappa shape index (κ2) is 9.14. The molecule has 0 N–H and O–H groups in total. The van der Waals surface area contributed by atoms with Gasteiger partial charge < -0.3 is 14.2 Å². The molecule has 0 saturated carbocycles. The van der Waals surface area contributed by atoms with Crippen molar-refractivity contribution in [2.75, 3.05) is 33.5 Å². The SMILES string of the molecule is COCCOCCOC(c1ccccc1)(c1ccccc1)C(C)(C)C. The molecule has 0 bridgehead atoms. The highest BCUT2D eigenvalue weighted by atomic mass is 16.5. The molecule has 0 heterocycles. The average Bonchev–Trinajstić information content (AvgIpc) is 2.62. The van der Waals surface area contributed by atoms with Gasteiger partial charge in [0, 0.05) is 7.11 Å². The van der Waals surface area contributed by atoms with E-state index < -0.39 is 5.60 Å². The quantitative estimate of drug-likeness (QED) is 0.621. The van der Waals surface area contributed by atoms with Crippen LogP contribution in [0.25, 0.3) is 0 Å². The Morgan fingerprint density at radius 1 is 0.680 bits per heavy atom. The molecule has 2 aromatic carbocycles. The molecule has 0 radical (unpaired) electrons. The first kappa shape index (κ1) is 19.6. The van der Waals surface area contributed by atoms with Crippen molar-refractivity contribution in [3.05, 3.63) is 71.8 Å². The maximum atomic E-state index is 6.58. The number of methoxy groups -OCH3 is 1. The molecule has 136 valence electrons.